The van der Waals surface area contributed by atoms with E-state index < -0.39 is 4.92 Å². The molecular weight excluding hydrogens is 358 g/mol. The number of nitrogens with zero attached hydrogens (tertiary/aromatic N) is 1. The Hall–Kier alpha value is -2.54. The Kier molecular flexibility index (Phi) is 7.31. The van der Waals surface area contributed by atoms with E-state index in [1.165, 1.54) is 12.1 Å². The van der Waals surface area contributed by atoms with E-state index in [4.69, 9.17) is 14.2 Å². The third kappa shape index (κ3) is 5.73. The van der Waals surface area contributed by atoms with Crippen molar-refractivity contribution in [1.82, 2.24) is 0 Å². The molecule has 2 aromatic carbocycles. The molecule has 1 heterocycles. The van der Waals surface area contributed by atoms with Crippen LogP contribution in [0.25, 0.3) is 0 Å². The molecule has 2 aromatic rings. The topological polar surface area (TPSA) is 70.8 Å². The molecule has 1 saturated heterocycles. The predicted molar refractivity (Wildman–Crippen MR) is 106 cm³/mol. The van der Waals surface area contributed by atoms with Crippen LogP contribution < -0.4 is 0 Å². The molecule has 0 aromatic heterocycles. The van der Waals surface area contributed by atoms with Crippen molar-refractivity contribution >= 4 is 5.69 Å². The highest BCUT2D eigenvalue weighted by Crippen LogP contribution is 2.27. The SMILES string of the molecule is C=CC[C@@H]1O[C@H](COCc2ccccc2)C[C@H]1OCc1ccc([N+](=O)[O-])cc1. The van der Waals surface area contributed by atoms with Gasteiger partial charge in [-0.05, 0) is 29.7 Å². The molecular formula is C22H25NO5. The van der Waals surface area contributed by atoms with Crippen LogP contribution in [0.1, 0.15) is 24.0 Å². The van der Waals surface area contributed by atoms with Gasteiger partial charge in [0.05, 0.1) is 43.1 Å². The van der Waals surface area contributed by atoms with E-state index in [9.17, 15) is 10.1 Å². The maximum absolute atomic E-state index is 10.7. The van der Waals surface area contributed by atoms with Gasteiger partial charge in [0.15, 0.2) is 0 Å². The lowest BCUT2D eigenvalue weighted by molar-refractivity contribution is -0.384. The predicted octanol–water partition coefficient (Wildman–Crippen LogP) is 4.43. The van der Waals surface area contributed by atoms with Crippen LogP contribution in [-0.4, -0.2) is 29.8 Å². The monoisotopic (exact) mass is 383 g/mol. The summed E-state index contributed by atoms with van der Waals surface area (Å²) in [5.41, 5.74) is 2.11. The standard InChI is InChI=1S/C22H25NO5/c1-2-6-21-22(27-15-18-9-11-19(12-10-18)23(24)25)13-20(28-21)16-26-14-17-7-4-3-5-8-17/h2-5,7-12,20-22H,1,6,13-16H2/t20-,21-,22+/m0/s1. The summed E-state index contributed by atoms with van der Waals surface area (Å²) in [6.07, 6.45) is 3.16. The third-order valence-corrected chi connectivity index (χ3v) is 4.70. The lowest BCUT2D eigenvalue weighted by Crippen LogP contribution is -2.23. The quantitative estimate of drug-likeness (QED) is 0.345. The molecule has 0 radical (unpaired) electrons. The van der Waals surface area contributed by atoms with Gasteiger partial charge in [-0.1, -0.05) is 36.4 Å². The normalized spacial score (nSPS) is 21.5. The Morgan fingerprint density at radius 3 is 2.50 bits per heavy atom. The molecule has 3 rings (SSSR count). The molecule has 148 valence electrons. The van der Waals surface area contributed by atoms with E-state index >= 15 is 0 Å². The molecule has 0 saturated carbocycles. The van der Waals surface area contributed by atoms with E-state index in [1.807, 2.05) is 36.4 Å². The van der Waals surface area contributed by atoms with Gasteiger partial charge >= 0.3 is 0 Å². The van der Waals surface area contributed by atoms with Crippen molar-refractivity contribution in [1.29, 1.82) is 0 Å². The number of benzene rings is 2. The molecule has 0 N–H and O–H groups in total. The Morgan fingerprint density at radius 2 is 1.82 bits per heavy atom. The first-order valence-electron chi connectivity index (χ1n) is 9.38. The number of ether oxygens (including phenoxy) is 3. The first kappa shape index (κ1) is 20.2. The molecule has 0 aliphatic carbocycles. The Bertz CT molecular complexity index is 762. The maximum atomic E-state index is 10.7. The zero-order chi connectivity index (χ0) is 19.8. The third-order valence-electron chi connectivity index (χ3n) is 4.70. The Balaban J connectivity index is 1.48. The number of hydrogen-bond donors (Lipinski definition) is 0. The van der Waals surface area contributed by atoms with E-state index in [-0.39, 0.29) is 24.0 Å². The average Bonchev–Trinajstić information content (AvgIpc) is 3.09. The highest BCUT2D eigenvalue weighted by Gasteiger charge is 2.35. The van der Waals surface area contributed by atoms with Gasteiger partial charge in [-0.3, -0.25) is 10.1 Å². The fraction of sp³-hybridized carbons (Fsp3) is 0.364. The fourth-order valence-corrected chi connectivity index (χ4v) is 3.26. The molecule has 6 heteroatoms. The van der Waals surface area contributed by atoms with Crippen LogP contribution in [0.4, 0.5) is 5.69 Å². The zero-order valence-corrected chi connectivity index (χ0v) is 15.7. The highest BCUT2D eigenvalue weighted by molar-refractivity contribution is 5.32. The Labute approximate surface area is 164 Å². The number of rotatable bonds is 10. The van der Waals surface area contributed by atoms with Crippen molar-refractivity contribution in [3.05, 3.63) is 88.5 Å². The minimum atomic E-state index is -0.407. The summed E-state index contributed by atoms with van der Waals surface area (Å²) in [6, 6.07) is 16.5. The van der Waals surface area contributed by atoms with Crippen LogP contribution in [0.15, 0.2) is 67.3 Å². The van der Waals surface area contributed by atoms with Crippen molar-refractivity contribution in [2.24, 2.45) is 0 Å². The van der Waals surface area contributed by atoms with E-state index in [2.05, 4.69) is 6.58 Å². The van der Waals surface area contributed by atoms with Crippen LogP contribution in [0.5, 0.6) is 0 Å². The smallest absolute Gasteiger partial charge is 0.269 e. The summed E-state index contributed by atoms with van der Waals surface area (Å²) in [5.74, 6) is 0. The number of nitro benzene ring substituents is 1. The van der Waals surface area contributed by atoms with Crippen LogP contribution in [-0.2, 0) is 27.4 Å². The average molecular weight is 383 g/mol. The molecule has 0 bridgehead atoms. The van der Waals surface area contributed by atoms with Gasteiger partial charge < -0.3 is 14.2 Å². The van der Waals surface area contributed by atoms with Gasteiger partial charge in [0.25, 0.3) is 5.69 Å². The molecule has 0 unspecified atom stereocenters. The molecule has 3 atom stereocenters. The summed E-state index contributed by atoms with van der Waals surface area (Å²) in [7, 11) is 0. The molecule has 28 heavy (non-hydrogen) atoms. The second kappa shape index (κ2) is 10.1. The molecule has 1 aliphatic heterocycles. The summed E-state index contributed by atoms with van der Waals surface area (Å²) in [6.45, 7) is 5.26. The van der Waals surface area contributed by atoms with E-state index in [0.29, 0.717) is 26.2 Å². The largest absolute Gasteiger partial charge is 0.374 e. The second-order valence-electron chi connectivity index (χ2n) is 6.83. The molecule has 1 fully saturated rings. The van der Waals surface area contributed by atoms with Crippen molar-refractivity contribution in [3.63, 3.8) is 0 Å². The highest BCUT2D eigenvalue weighted by atomic mass is 16.6. The van der Waals surface area contributed by atoms with E-state index in [0.717, 1.165) is 17.5 Å². The minimum Gasteiger partial charge on any atom is -0.374 e. The number of nitro groups is 1. The minimum absolute atomic E-state index is 0.0180. The van der Waals surface area contributed by atoms with Gasteiger partial charge in [0.2, 0.25) is 0 Å². The first-order valence-corrected chi connectivity index (χ1v) is 9.38. The van der Waals surface area contributed by atoms with Gasteiger partial charge in [-0.25, -0.2) is 0 Å². The van der Waals surface area contributed by atoms with Crippen LogP contribution >= 0.6 is 0 Å². The number of hydrogen-bond acceptors (Lipinski definition) is 5. The van der Waals surface area contributed by atoms with Crippen LogP contribution in [0, 0.1) is 10.1 Å². The molecule has 0 amide bonds. The summed E-state index contributed by atoms with van der Waals surface area (Å²) in [5, 5.41) is 10.7. The van der Waals surface area contributed by atoms with Gasteiger partial charge in [0.1, 0.15) is 0 Å². The first-order chi connectivity index (χ1) is 13.7. The van der Waals surface area contributed by atoms with Crippen molar-refractivity contribution in [2.75, 3.05) is 6.61 Å². The maximum Gasteiger partial charge on any atom is 0.269 e. The van der Waals surface area contributed by atoms with Crippen molar-refractivity contribution < 1.29 is 19.1 Å². The summed E-state index contributed by atoms with van der Waals surface area (Å²) < 4.78 is 17.9. The van der Waals surface area contributed by atoms with Gasteiger partial charge in [-0.2, -0.15) is 0 Å². The van der Waals surface area contributed by atoms with Crippen molar-refractivity contribution in [3.8, 4) is 0 Å². The molecule has 0 spiro atoms. The Morgan fingerprint density at radius 1 is 1.11 bits per heavy atom. The fourth-order valence-electron chi connectivity index (χ4n) is 3.26. The van der Waals surface area contributed by atoms with Crippen molar-refractivity contribution in [2.45, 2.75) is 44.4 Å². The van der Waals surface area contributed by atoms with E-state index in [1.54, 1.807) is 12.1 Å². The summed E-state index contributed by atoms with van der Waals surface area (Å²) in [4.78, 5) is 10.3. The number of non-ortho nitro benzene ring substituents is 1. The lowest BCUT2D eigenvalue weighted by Gasteiger charge is -2.17. The van der Waals surface area contributed by atoms with Gasteiger partial charge in [-0.15, -0.1) is 6.58 Å². The van der Waals surface area contributed by atoms with Crippen LogP contribution in [0.2, 0.25) is 0 Å². The van der Waals surface area contributed by atoms with Crippen LogP contribution in [0.3, 0.4) is 0 Å². The zero-order valence-electron chi connectivity index (χ0n) is 15.7. The molecule has 6 nitrogen and oxygen atoms in total. The van der Waals surface area contributed by atoms with Gasteiger partial charge in [0, 0.05) is 18.6 Å². The second-order valence-corrected chi connectivity index (χ2v) is 6.83. The lowest BCUT2D eigenvalue weighted by atomic mass is 10.1. The summed E-state index contributed by atoms with van der Waals surface area (Å²) >= 11 is 0. The molecule has 1 aliphatic rings.